The third-order valence-corrected chi connectivity index (χ3v) is 5.87. The fraction of sp³-hybridized carbons (Fsp3) is 0.200. The predicted molar refractivity (Wildman–Crippen MR) is 122 cm³/mol. The molecule has 1 fully saturated rings. The lowest BCUT2D eigenvalue weighted by Gasteiger charge is -2.36. The Morgan fingerprint density at radius 3 is 2.29 bits per heavy atom. The first kappa shape index (κ1) is 19.2. The number of aromatic hydroxyl groups is 1. The summed E-state index contributed by atoms with van der Waals surface area (Å²) in [4.78, 5) is 22.0. The van der Waals surface area contributed by atoms with Crippen LogP contribution in [0.3, 0.4) is 0 Å². The number of anilines is 1. The van der Waals surface area contributed by atoms with Crippen molar-refractivity contribution < 1.29 is 9.90 Å². The van der Waals surface area contributed by atoms with Gasteiger partial charge in [0.2, 0.25) is 0 Å². The van der Waals surface area contributed by atoms with Crippen LogP contribution in [0.5, 0.6) is 5.75 Å². The van der Waals surface area contributed by atoms with Gasteiger partial charge in [-0.2, -0.15) is 0 Å². The third-order valence-electron chi connectivity index (χ3n) is 5.87. The van der Waals surface area contributed by atoms with Gasteiger partial charge in [-0.1, -0.05) is 18.2 Å². The van der Waals surface area contributed by atoms with E-state index in [2.05, 4.69) is 21.6 Å². The molecule has 3 aromatic carbocycles. The number of hydrogen-bond acceptors (Lipinski definition) is 4. The van der Waals surface area contributed by atoms with E-state index in [0.29, 0.717) is 18.7 Å². The molecule has 1 aliphatic heterocycles. The van der Waals surface area contributed by atoms with E-state index >= 15 is 0 Å². The van der Waals surface area contributed by atoms with Gasteiger partial charge < -0.3 is 14.9 Å². The van der Waals surface area contributed by atoms with E-state index in [1.807, 2.05) is 60.4 Å². The number of carbonyl (C=O) groups excluding carboxylic acids is 1. The summed E-state index contributed by atoms with van der Waals surface area (Å²) in [7, 11) is 0. The summed E-state index contributed by atoms with van der Waals surface area (Å²) in [5, 5.41) is 9.48. The minimum atomic E-state index is 0.0409. The molecule has 31 heavy (non-hydrogen) atoms. The van der Waals surface area contributed by atoms with Crippen LogP contribution in [-0.4, -0.2) is 51.6 Å². The number of amides is 1. The average Bonchev–Trinajstić information content (AvgIpc) is 3.14. The van der Waals surface area contributed by atoms with Crippen molar-refractivity contribution in [3.05, 3.63) is 84.2 Å². The number of aryl methyl sites for hydroxylation is 1. The molecule has 4 aromatic rings. The Morgan fingerprint density at radius 2 is 1.58 bits per heavy atom. The first-order chi connectivity index (χ1) is 15.1. The van der Waals surface area contributed by atoms with E-state index in [1.54, 1.807) is 12.1 Å². The lowest BCUT2D eigenvalue weighted by Crippen LogP contribution is -2.48. The van der Waals surface area contributed by atoms with Gasteiger partial charge in [0.1, 0.15) is 11.6 Å². The first-order valence-electron chi connectivity index (χ1n) is 10.5. The minimum absolute atomic E-state index is 0.0409. The number of phenols is 1. The summed E-state index contributed by atoms with van der Waals surface area (Å²) in [6.45, 7) is 4.84. The average molecular weight is 412 g/mol. The van der Waals surface area contributed by atoms with Gasteiger partial charge in [0, 0.05) is 43.1 Å². The first-order valence-corrected chi connectivity index (χ1v) is 10.5. The number of nitrogens with zero attached hydrogens (tertiary/aromatic N) is 4. The maximum atomic E-state index is 13.1. The number of para-hydroxylation sites is 1. The number of imidazole rings is 1. The highest BCUT2D eigenvalue weighted by atomic mass is 16.3. The van der Waals surface area contributed by atoms with Crippen molar-refractivity contribution in [1.82, 2.24) is 14.5 Å². The van der Waals surface area contributed by atoms with Gasteiger partial charge in [-0.3, -0.25) is 9.36 Å². The van der Waals surface area contributed by atoms with Crippen molar-refractivity contribution in [2.75, 3.05) is 31.1 Å². The highest BCUT2D eigenvalue weighted by Gasteiger charge is 2.23. The van der Waals surface area contributed by atoms with Crippen LogP contribution in [-0.2, 0) is 0 Å². The number of hydrogen-bond donors (Lipinski definition) is 1. The van der Waals surface area contributed by atoms with Crippen LogP contribution in [0, 0.1) is 6.92 Å². The monoisotopic (exact) mass is 412 g/mol. The summed E-state index contributed by atoms with van der Waals surface area (Å²) in [5.41, 5.74) is 4.62. The van der Waals surface area contributed by atoms with Crippen LogP contribution in [0.2, 0.25) is 0 Å². The summed E-state index contributed by atoms with van der Waals surface area (Å²) in [6, 6.07) is 23.1. The van der Waals surface area contributed by atoms with Gasteiger partial charge in [0.05, 0.1) is 11.0 Å². The molecule has 0 bridgehead atoms. The molecule has 1 aromatic heterocycles. The Morgan fingerprint density at radius 1 is 0.871 bits per heavy atom. The molecule has 1 saturated heterocycles. The van der Waals surface area contributed by atoms with Gasteiger partial charge in [-0.25, -0.2) is 4.98 Å². The number of fused-ring (bicyclic) bond motifs is 1. The van der Waals surface area contributed by atoms with Crippen molar-refractivity contribution in [2.45, 2.75) is 6.92 Å². The number of piperazine rings is 1. The van der Waals surface area contributed by atoms with Crippen LogP contribution in [0.4, 0.5) is 5.69 Å². The van der Waals surface area contributed by atoms with E-state index in [9.17, 15) is 9.90 Å². The third kappa shape index (κ3) is 3.61. The van der Waals surface area contributed by atoms with Crippen LogP contribution >= 0.6 is 0 Å². The van der Waals surface area contributed by atoms with Gasteiger partial charge in [0.25, 0.3) is 5.91 Å². The molecular weight excluding hydrogens is 388 g/mol. The molecular formula is C25H24N4O2. The Kier molecular flexibility index (Phi) is 4.82. The molecule has 6 heteroatoms. The standard InChI is InChI=1S/C25H24N4O2/c1-18-26-23-17-19(7-12-24(23)29(18)21-5-3-2-4-6-21)25(31)28-15-13-27(14-16-28)20-8-10-22(30)11-9-20/h2-12,17,30H,13-16H2,1H3. The second kappa shape index (κ2) is 7.80. The zero-order chi connectivity index (χ0) is 21.4. The largest absolute Gasteiger partial charge is 0.508 e. The van der Waals surface area contributed by atoms with E-state index in [-0.39, 0.29) is 11.7 Å². The fourth-order valence-corrected chi connectivity index (χ4v) is 4.25. The van der Waals surface area contributed by atoms with Gasteiger partial charge >= 0.3 is 0 Å². The Hall–Kier alpha value is -3.80. The number of rotatable bonds is 3. The Balaban J connectivity index is 1.34. The predicted octanol–water partition coefficient (Wildman–Crippen LogP) is 4.00. The molecule has 0 saturated carbocycles. The highest BCUT2D eigenvalue weighted by molar-refractivity contribution is 5.97. The van der Waals surface area contributed by atoms with Crippen molar-refractivity contribution in [1.29, 1.82) is 0 Å². The minimum Gasteiger partial charge on any atom is -0.508 e. The summed E-state index contributed by atoms with van der Waals surface area (Å²) in [6.07, 6.45) is 0. The molecule has 2 heterocycles. The number of benzene rings is 3. The molecule has 0 spiro atoms. The quantitative estimate of drug-likeness (QED) is 0.553. The van der Waals surface area contributed by atoms with Crippen molar-refractivity contribution in [3.63, 3.8) is 0 Å². The van der Waals surface area contributed by atoms with Crippen molar-refractivity contribution >= 4 is 22.6 Å². The van der Waals surface area contributed by atoms with Crippen molar-refractivity contribution in [3.8, 4) is 11.4 Å². The number of carbonyl (C=O) groups is 1. The van der Waals surface area contributed by atoms with E-state index < -0.39 is 0 Å². The molecule has 0 atom stereocenters. The maximum absolute atomic E-state index is 13.1. The normalized spacial score (nSPS) is 14.2. The molecule has 156 valence electrons. The SMILES string of the molecule is Cc1nc2cc(C(=O)N3CCN(c4ccc(O)cc4)CC3)ccc2n1-c1ccccc1. The molecule has 5 rings (SSSR count). The second-order valence-electron chi connectivity index (χ2n) is 7.83. The van der Waals surface area contributed by atoms with E-state index in [1.165, 1.54) is 0 Å². The van der Waals surface area contributed by atoms with Gasteiger partial charge in [-0.15, -0.1) is 0 Å². The Bertz CT molecular complexity index is 1220. The van der Waals surface area contributed by atoms with E-state index in [0.717, 1.165) is 41.3 Å². The topological polar surface area (TPSA) is 61.6 Å². The second-order valence-corrected chi connectivity index (χ2v) is 7.83. The number of phenolic OH excluding ortho intramolecular Hbond substituents is 1. The zero-order valence-electron chi connectivity index (χ0n) is 17.4. The molecule has 0 unspecified atom stereocenters. The van der Waals surface area contributed by atoms with Crippen LogP contribution < -0.4 is 4.90 Å². The fourth-order valence-electron chi connectivity index (χ4n) is 4.25. The molecule has 0 aliphatic carbocycles. The van der Waals surface area contributed by atoms with Crippen LogP contribution in [0.1, 0.15) is 16.2 Å². The molecule has 1 aliphatic rings. The molecule has 6 nitrogen and oxygen atoms in total. The van der Waals surface area contributed by atoms with Gasteiger partial charge in [0.15, 0.2) is 0 Å². The number of aromatic nitrogens is 2. The maximum Gasteiger partial charge on any atom is 0.254 e. The van der Waals surface area contributed by atoms with Gasteiger partial charge in [-0.05, 0) is 61.5 Å². The lowest BCUT2D eigenvalue weighted by molar-refractivity contribution is 0.0747. The van der Waals surface area contributed by atoms with Crippen LogP contribution in [0.25, 0.3) is 16.7 Å². The van der Waals surface area contributed by atoms with E-state index in [4.69, 9.17) is 4.98 Å². The summed E-state index contributed by atoms with van der Waals surface area (Å²) >= 11 is 0. The molecule has 1 N–H and O–H groups in total. The molecule has 0 radical (unpaired) electrons. The lowest BCUT2D eigenvalue weighted by atomic mass is 10.1. The Labute approximate surface area is 181 Å². The summed E-state index contributed by atoms with van der Waals surface area (Å²) in [5.74, 6) is 1.20. The van der Waals surface area contributed by atoms with Crippen molar-refractivity contribution in [2.24, 2.45) is 0 Å². The summed E-state index contributed by atoms with van der Waals surface area (Å²) < 4.78 is 2.11. The highest BCUT2D eigenvalue weighted by Crippen LogP contribution is 2.24. The molecule has 1 amide bonds. The van der Waals surface area contributed by atoms with Crippen LogP contribution in [0.15, 0.2) is 72.8 Å². The zero-order valence-corrected chi connectivity index (χ0v) is 17.4. The smallest absolute Gasteiger partial charge is 0.254 e.